The number of carbonyl (C=O) groups is 4. The number of likely N-dealkylation sites (tertiary alicyclic amines) is 1. The van der Waals surface area contributed by atoms with Gasteiger partial charge in [0.1, 0.15) is 12.0 Å². The van der Waals surface area contributed by atoms with Gasteiger partial charge in [-0.3, -0.25) is 19.2 Å². The van der Waals surface area contributed by atoms with Crippen molar-refractivity contribution < 1.29 is 19.2 Å². The van der Waals surface area contributed by atoms with Gasteiger partial charge in [-0.25, -0.2) is 0 Å². The first kappa shape index (κ1) is 22.7. The lowest BCUT2D eigenvalue weighted by atomic mass is 9.92. The van der Waals surface area contributed by atoms with Crippen molar-refractivity contribution in [3.8, 4) is 0 Å². The fraction of sp³-hybridized carbons (Fsp3) is 0.385. The Kier molecular flexibility index (Phi) is 7.17. The molecule has 0 unspecified atom stereocenters. The molecule has 1 saturated heterocycles. The van der Waals surface area contributed by atoms with Gasteiger partial charge in [0.05, 0.1) is 0 Å². The van der Waals surface area contributed by atoms with E-state index in [0.717, 1.165) is 43.2 Å². The molecule has 0 spiro atoms. The number of nitrogens with one attached hydrogen (secondary N) is 2. The van der Waals surface area contributed by atoms with Gasteiger partial charge in [0.2, 0.25) is 17.6 Å². The second-order valence-corrected chi connectivity index (χ2v) is 8.70. The fourth-order valence-corrected chi connectivity index (χ4v) is 4.77. The van der Waals surface area contributed by atoms with Gasteiger partial charge in [-0.05, 0) is 24.0 Å². The third-order valence-corrected chi connectivity index (χ3v) is 6.48. The highest BCUT2D eigenvalue weighted by molar-refractivity contribution is 6.44. The van der Waals surface area contributed by atoms with Crippen LogP contribution in [0.1, 0.15) is 43.2 Å². The number of Topliss-reactive ketones (excluding diaryl/α,β-unsaturated/α-hetero) is 1. The Morgan fingerprint density at radius 3 is 1.82 bits per heavy atom. The maximum absolute atomic E-state index is 13.3. The summed E-state index contributed by atoms with van der Waals surface area (Å²) >= 11 is 0. The molecule has 33 heavy (non-hydrogen) atoms. The van der Waals surface area contributed by atoms with Crippen LogP contribution >= 0.6 is 0 Å². The molecule has 4 rings (SSSR count). The van der Waals surface area contributed by atoms with Crippen LogP contribution in [0, 0.1) is 5.92 Å². The molecule has 2 aromatic carbocycles. The second-order valence-electron chi connectivity index (χ2n) is 8.70. The Balaban J connectivity index is 1.55. The van der Waals surface area contributed by atoms with Gasteiger partial charge >= 0.3 is 0 Å². The van der Waals surface area contributed by atoms with Crippen LogP contribution in [0.5, 0.6) is 0 Å². The molecule has 1 aliphatic heterocycles. The van der Waals surface area contributed by atoms with Gasteiger partial charge in [0.25, 0.3) is 5.91 Å². The molecule has 2 aliphatic rings. The number of benzene rings is 2. The molecule has 2 N–H and O–H groups in total. The van der Waals surface area contributed by atoms with Crippen LogP contribution in [0.15, 0.2) is 60.7 Å². The van der Waals surface area contributed by atoms with Crippen LogP contribution < -0.4 is 10.6 Å². The molecule has 1 heterocycles. The van der Waals surface area contributed by atoms with Gasteiger partial charge in [0.15, 0.2) is 0 Å². The van der Waals surface area contributed by atoms with E-state index >= 15 is 0 Å². The number of amides is 3. The van der Waals surface area contributed by atoms with Crippen molar-refractivity contribution in [3.63, 3.8) is 0 Å². The van der Waals surface area contributed by atoms with Crippen molar-refractivity contribution in [2.24, 2.45) is 5.92 Å². The minimum absolute atomic E-state index is 0.199. The van der Waals surface area contributed by atoms with Crippen LogP contribution in [-0.2, 0) is 32.3 Å². The quantitative estimate of drug-likeness (QED) is 0.503. The minimum Gasteiger partial charge on any atom is -0.351 e. The predicted molar refractivity (Wildman–Crippen MR) is 123 cm³/mol. The standard InChI is InChI=1S/C26H29N3O4/c30-23-21(24(31)27-16-18-10-4-1-5-11-18)22(25(32)28-17-19-12-6-2-7-13-19)29(26(23)33)20-14-8-3-9-15-20/h1-2,4-7,10-13,20-22H,3,8-9,14-17H2,(H,27,31)(H,28,32)/t21-,22+/m1/s1. The highest BCUT2D eigenvalue weighted by Gasteiger charge is 2.56. The van der Waals surface area contributed by atoms with E-state index in [-0.39, 0.29) is 19.1 Å². The van der Waals surface area contributed by atoms with E-state index < -0.39 is 35.5 Å². The SMILES string of the molecule is O=C(NCc1ccccc1)[C@H]1C(=O)C(=O)N(C2CCCCC2)[C@@H]1C(=O)NCc1ccccc1. The molecule has 2 atom stereocenters. The molecule has 7 heteroatoms. The third kappa shape index (κ3) is 5.13. The first-order valence-electron chi connectivity index (χ1n) is 11.6. The molecule has 2 aromatic rings. The second kappa shape index (κ2) is 10.4. The molecule has 1 saturated carbocycles. The Labute approximate surface area is 193 Å². The molecule has 0 radical (unpaired) electrons. The number of carbonyl (C=O) groups excluding carboxylic acids is 4. The molecule has 7 nitrogen and oxygen atoms in total. The third-order valence-electron chi connectivity index (χ3n) is 6.48. The molecule has 0 bridgehead atoms. The Morgan fingerprint density at radius 1 is 0.758 bits per heavy atom. The summed E-state index contributed by atoms with van der Waals surface area (Å²) in [6.07, 6.45) is 4.41. The number of ketones is 1. The summed E-state index contributed by atoms with van der Waals surface area (Å²) in [5.41, 5.74) is 1.77. The van der Waals surface area contributed by atoms with Crippen molar-refractivity contribution in [2.75, 3.05) is 0 Å². The van der Waals surface area contributed by atoms with Crippen LogP contribution in [-0.4, -0.2) is 40.5 Å². The summed E-state index contributed by atoms with van der Waals surface area (Å²) in [6.45, 7) is 0.481. The molecule has 172 valence electrons. The monoisotopic (exact) mass is 447 g/mol. The number of nitrogens with zero attached hydrogens (tertiary/aromatic N) is 1. The normalized spacial score (nSPS) is 21.2. The van der Waals surface area contributed by atoms with E-state index in [1.807, 2.05) is 60.7 Å². The first-order valence-corrected chi connectivity index (χ1v) is 11.6. The van der Waals surface area contributed by atoms with E-state index in [1.165, 1.54) is 4.90 Å². The first-order chi connectivity index (χ1) is 16.1. The number of hydrogen-bond donors (Lipinski definition) is 2. The Morgan fingerprint density at radius 2 is 1.27 bits per heavy atom. The number of rotatable bonds is 7. The molecule has 3 amide bonds. The smallest absolute Gasteiger partial charge is 0.291 e. The van der Waals surface area contributed by atoms with Crippen molar-refractivity contribution in [1.29, 1.82) is 0 Å². The molecule has 2 fully saturated rings. The topological polar surface area (TPSA) is 95.6 Å². The highest BCUT2D eigenvalue weighted by atomic mass is 16.2. The zero-order valence-corrected chi connectivity index (χ0v) is 18.5. The van der Waals surface area contributed by atoms with Gasteiger partial charge in [0, 0.05) is 19.1 Å². The molecule has 1 aliphatic carbocycles. The van der Waals surface area contributed by atoms with Crippen molar-refractivity contribution in [2.45, 2.75) is 57.3 Å². The number of hydrogen-bond acceptors (Lipinski definition) is 4. The maximum Gasteiger partial charge on any atom is 0.291 e. The summed E-state index contributed by atoms with van der Waals surface area (Å²) in [7, 11) is 0. The fourth-order valence-electron chi connectivity index (χ4n) is 4.77. The average Bonchev–Trinajstić information content (AvgIpc) is 3.13. The summed E-state index contributed by atoms with van der Waals surface area (Å²) in [4.78, 5) is 53.8. The van der Waals surface area contributed by atoms with Gasteiger partial charge in [-0.2, -0.15) is 0 Å². The predicted octanol–water partition coefficient (Wildman–Crippen LogP) is 2.35. The van der Waals surface area contributed by atoms with E-state index in [0.29, 0.717) is 0 Å². The van der Waals surface area contributed by atoms with Gasteiger partial charge in [-0.15, -0.1) is 0 Å². The van der Waals surface area contributed by atoms with E-state index in [4.69, 9.17) is 0 Å². The Bertz CT molecular complexity index is 1000. The summed E-state index contributed by atoms with van der Waals surface area (Å²) < 4.78 is 0. The summed E-state index contributed by atoms with van der Waals surface area (Å²) in [6, 6.07) is 17.4. The van der Waals surface area contributed by atoms with Crippen molar-refractivity contribution in [1.82, 2.24) is 15.5 Å². The molecular formula is C26H29N3O4. The van der Waals surface area contributed by atoms with Gasteiger partial charge < -0.3 is 15.5 Å². The highest BCUT2D eigenvalue weighted by Crippen LogP contribution is 2.32. The van der Waals surface area contributed by atoms with E-state index in [9.17, 15) is 19.2 Å². The van der Waals surface area contributed by atoms with Crippen molar-refractivity contribution in [3.05, 3.63) is 71.8 Å². The van der Waals surface area contributed by atoms with E-state index in [1.54, 1.807) is 0 Å². The summed E-state index contributed by atoms with van der Waals surface area (Å²) in [5.74, 6) is -3.93. The average molecular weight is 448 g/mol. The molecular weight excluding hydrogens is 418 g/mol. The lowest BCUT2D eigenvalue weighted by molar-refractivity contribution is -0.144. The van der Waals surface area contributed by atoms with Crippen LogP contribution in [0.4, 0.5) is 0 Å². The minimum atomic E-state index is -1.35. The van der Waals surface area contributed by atoms with Crippen LogP contribution in [0.3, 0.4) is 0 Å². The largest absolute Gasteiger partial charge is 0.351 e. The Hall–Kier alpha value is -3.48. The summed E-state index contributed by atoms with van der Waals surface area (Å²) in [5, 5.41) is 5.60. The zero-order chi connectivity index (χ0) is 23.2. The van der Waals surface area contributed by atoms with Crippen LogP contribution in [0.25, 0.3) is 0 Å². The van der Waals surface area contributed by atoms with E-state index in [2.05, 4.69) is 10.6 Å². The molecule has 0 aromatic heterocycles. The lowest BCUT2D eigenvalue weighted by Crippen LogP contribution is -2.53. The van der Waals surface area contributed by atoms with Crippen molar-refractivity contribution >= 4 is 23.5 Å². The van der Waals surface area contributed by atoms with Gasteiger partial charge in [-0.1, -0.05) is 79.9 Å². The lowest BCUT2D eigenvalue weighted by Gasteiger charge is -2.35. The maximum atomic E-state index is 13.3. The van der Waals surface area contributed by atoms with Crippen LogP contribution in [0.2, 0.25) is 0 Å². The zero-order valence-electron chi connectivity index (χ0n) is 18.5.